The molecule has 0 saturated heterocycles. The first kappa shape index (κ1) is 25.4. The van der Waals surface area contributed by atoms with Crippen molar-refractivity contribution in [1.82, 2.24) is 24.6 Å². The van der Waals surface area contributed by atoms with Crippen LogP contribution < -0.4 is 4.74 Å². The van der Waals surface area contributed by atoms with Gasteiger partial charge in [0.05, 0.1) is 36.3 Å². The Kier molecular flexibility index (Phi) is 7.35. The molecule has 9 nitrogen and oxygen atoms in total. The second kappa shape index (κ2) is 11.0. The molecule has 1 aliphatic rings. The van der Waals surface area contributed by atoms with Crippen LogP contribution in [0.1, 0.15) is 58.2 Å². The van der Waals surface area contributed by atoms with Gasteiger partial charge < -0.3 is 14.7 Å². The standard InChI is InChI=1S/C29H31N5O4/c1-33(2)29(37)22-13-20(16-30-17-22)27(15-28(35)36)34-26-10-9-24(14-21(26)18-31-34)38-12-11-23-8-7-19-5-3-4-6-25(19)32-23/h7-10,13-14,16-18,27H,3-6,11-12,15H2,1-2H3,(H,35,36). The first-order chi connectivity index (χ1) is 18.4. The molecule has 0 aliphatic heterocycles. The summed E-state index contributed by atoms with van der Waals surface area (Å²) in [6.07, 6.45) is 9.91. The fourth-order valence-electron chi connectivity index (χ4n) is 4.94. The van der Waals surface area contributed by atoms with Crippen LogP contribution in [0.3, 0.4) is 0 Å². The zero-order valence-corrected chi connectivity index (χ0v) is 21.6. The number of nitrogens with zero attached hydrogens (tertiary/aromatic N) is 5. The van der Waals surface area contributed by atoms with E-state index in [0.29, 0.717) is 23.5 Å². The van der Waals surface area contributed by atoms with Gasteiger partial charge in [-0.25, -0.2) is 0 Å². The van der Waals surface area contributed by atoms with E-state index in [0.717, 1.165) is 35.9 Å². The van der Waals surface area contributed by atoms with E-state index in [-0.39, 0.29) is 12.3 Å². The van der Waals surface area contributed by atoms with Gasteiger partial charge in [-0.3, -0.25) is 24.2 Å². The largest absolute Gasteiger partial charge is 0.493 e. The topological polar surface area (TPSA) is 110 Å². The van der Waals surface area contributed by atoms with E-state index in [1.54, 1.807) is 37.2 Å². The Balaban J connectivity index is 1.33. The number of ether oxygens (including phenoxy) is 1. The smallest absolute Gasteiger partial charge is 0.305 e. The minimum absolute atomic E-state index is 0.203. The first-order valence-corrected chi connectivity index (χ1v) is 12.8. The monoisotopic (exact) mass is 513 g/mol. The Morgan fingerprint density at radius 1 is 1.08 bits per heavy atom. The minimum atomic E-state index is -0.973. The highest BCUT2D eigenvalue weighted by molar-refractivity contribution is 5.93. The molecule has 3 heterocycles. The molecule has 1 aliphatic carbocycles. The van der Waals surface area contributed by atoms with Crippen LogP contribution in [0.15, 0.2) is 55.0 Å². The molecular formula is C29H31N5O4. The van der Waals surface area contributed by atoms with Gasteiger partial charge in [0.1, 0.15) is 5.75 Å². The first-order valence-electron chi connectivity index (χ1n) is 12.8. The minimum Gasteiger partial charge on any atom is -0.493 e. The van der Waals surface area contributed by atoms with Crippen molar-refractivity contribution in [3.63, 3.8) is 0 Å². The fraction of sp³-hybridized carbons (Fsp3) is 0.345. The Bertz CT molecular complexity index is 1480. The number of fused-ring (bicyclic) bond motifs is 2. The Hall–Kier alpha value is -4.27. The molecule has 0 saturated carbocycles. The van der Waals surface area contributed by atoms with Crippen LogP contribution in [-0.4, -0.2) is 62.3 Å². The van der Waals surface area contributed by atoms with Gasteiger partial charge in [-0.1, -0.05) is 6.07 Å². The van der Waals surface area contributed by atoms with Crippen LogP contribution in [0.5, 0.6) is 5.75 Å². The zero-order valence-electron chi connectivity index (χ0n) is 21.6. The van der Waals surface area contributed by atoms with Gasteiger partial charge in [0, 0.05) is 49.7 Å². The molecule has 1 amide bonds. The lowest BCUT2D eigenvalue weighted by Crippen LogP contribution is -2.23. The lowest BCUT2D eigenvalue weighted by molar-refractivity contribution is -0.137. The number of carbonyl (C=O) groups excluding carboxylic acids is 1. The number of hydrogen-bond acceptors (Lipinski definition) is 6. The number of carboxylic acid groups (broad SMARTS) is 1. The normalized spacial score (nSPS) is 13.6. The van der Waals surface area contributed by atoms with Crippen LogP contribution in [0, 0.1) is 0 Å². The highest BCUT2D eigenvalue weighted by atomic mass is 16.5. The molecule has 1 N–H and O–H groups in total. The highest BCUT2D eigenvalue weighted by Gasteiger charge is 2.23. The quantitative estimate of drug-likeness (QED) is 0.359. The van der Waals surface area contributed by atoms with Gasteiger partial charge in [0.15, 0.2) is 0 Å². The van der Waals surface area contributed by atoms with Crippen LogP contribution >= 0.6 is 0 Å². The van der Waals surface area contributed by atoms with Crippen molar-refractivity contribution in [3.05, 3.63) is 83.1 Å². The molecule has 1 unspecified atom stereocenters. The van der Waals surface area contributed by atoms with Gasteiger partial charge in [0.25, 0.3) is 5.91 Å². The number of benzene rings is 1. The van der Waals surface area contributed by atoms with Crippen molar-refractivity contribution in [2.75, 3.05) is 20.7 Å². The summed E-state index contributed by atoms with van der Waals surface area (Å²) in [4.78, 5) is 34.7. The van der Waals surface area contributed by atoms with Gasteiger partial charge in [-0.15, -0.1) is 0 Å². The number of rotatable bonds is 9. The third-order valence-corrected chi connectivity index (χ3v) is 6.89. The Morgan fingerprint density at radius 2 is 1.92 bits per heavy atom. The van der Waals surface area contributed by atoms with E-state index in [1.807, 2.05) is 18.2 Å². The number of amides is 1. The maximum atomic E-state index is 12.4. The summed E-state index contributed by atoms with van der Waals surface area (Å²) in [5, 5.41) is 15.0. The van der Waals surface area contributed by atoms with Crippen LogP contribution in [0.2, 0.25) is 0 Å². The van der Waals surface area contributed by atoms with Crippen molar-refractivity contribution >= 4 is 22.8 Å². The average Bonchev–Trinajstić information content (AvgIpc) is 3.34. The molecule has 5 rings (SSSR count). The van der Waals surface area contributed by atoms with Gasteiger partial charge in [-0.05, 0) is 67.1 Å². The van der Waals surface area contributed by atoms with E-state index in [4.69, 9.17) is 9.72 Å². The number of hydrogen-bond donors (Lipinski definition) is 1. The number of aryl methyl sites for hydroxylation is 2. The SMILES string of the molecule is CN(C)C(=O)c1cncc(C(CC(=O)O)n2ncc3cc(OCCc4ccc5c(n4)CCCC5)ccc32)c1. The van der Waals surface area contributed by atoms with Crippen molar-refractivity contribution in [1.29, 1.82) is 0 Å². The molecule has 3 aromatic heterocycles. The Morgan fingerprint density at radius 3 is 2.74 bits per heavy atom. The maximum absolute atomic E-state index is 12.4. The summed E-state index contributed by atoms with van der Waals surface area (Å²) < 4.78 is 7.69. The summed E-state index contributed by atoms with van der Waals surface area (Å²) in [7, 11) is 3.32. The van der Waals surface area contributed by atoms with Gasteiger partial charge >= 0.3 is 5.97 Å². The van der Waals surface area contributed by atoms with E-state index in [2.05, 4.69) is 22.2 Å². The molecule has 4 aromatic rings. The number of carboxylic acids is 1. The van der Waals surface area contributed by atoms with Crippen LogP contribution in [0.4, 0.5) is 0 Å². The zero-order chi connectivity index (χ0) is 26.6. The summed E-state index contributed by atoms with van der Waals surface area (Å²) in [5.41, 5.74) is 5.40. The van der Waals surface area contributed by atoms with Crippen LogP contribution in [0.25, 0.3) is 10.9 Å². The van der Waals surface area contributed by atoms with E-state index in [1.165, 1.54) is 35.2 Å². The molecule has 1 atom stereocenters. The van der Waals surface area contributed by atoms with Crippen molar-refractivity contribution < 1.29 is 19.4 Å². The number of pyridine rings is 2. The molecule has 0 spiro atoms. The summed E-state index contributed by atoms with van der Waals surface area (Å²) in [5.74, 6) is -0.463. The fourth-order valence-corrected chi connectivity index (χ4v) is 4.94. The average molecular weight is 514 g/mol. The summed E-state index contributed by atoms with van der Waals surface area (Å²) >= 11 is 0. The molecule has 0 bridgehead atoms. The van der Waals surface area contributed by atoms with Crippen molar-refractivity contribution in [2.45, 2.75) is 44.6 Å². The van der Waals surface area contributed by atoms with Crippen molar-refractivity contribution in [3.8, 4) is 5.75 Å². The predicted octanol–water partition coefficient (Wildman–Crippen LogP) is 4.09. The molecule has 196 valence electrons. The second-order valence-corrected chi connectivity index (χ2v) is 9.84. The number of aliphatic carboxylic acids is 1. The van der Waals surface area contributed by atoms with Gasteiger partial charge in [0.2, 0.25) is 0 Å². The third kappa shape index (κ3) is 5.51. The maximum Gasteiger partial charge on any atom is 0.305 e. The summed E-state index contributed by atoms with van der Waals surface area (Å²) in [6, 6.07) is 11.0. The predicted molar refractivity (Wildman–Crippen MR) is 142 cm³/mol. The van der Waals surface area contributed by atoms with Crippen molar-refractivity contribution in [2.24, 2.45) is 0 Å². The lowest BCUT2D eigenvalue weighted by Gasteiger charge is -2.18. The van der Waals surface area contributed by atoms with E-state index in [9.17, 15) is 14.7 Å². The number of carbonyl (C=O) groups is 2. The number of aromatic nitrogens is 4. The van der Waals surface area contributed by atoms with E-state index < -0.39 is 12.0 Å². The third-order valence-electron chi connectivity index (χ3n) is 6.89. The molecule has 38 heavy (non-hydrogen) atoms. The van der Waals surface area contributed by atoms with E-state index >= 15 is 0 Å². The van der Waals surface area contributed by atoms with Gasteiger partial charge in [-0.2, -0.15) is 5.10 Å². The molecule has 1 aromatic carbocycles. The molecule has 9 heteroatoms. The highest BCUT2D eigenvalue weighted by Crippen LogP contribution is 2.29. The molecule has 0 fully saturated rings. The van der Waals surface area contributed by atoms with Crippen LogP contribution in [-0.2, 0) is 24.1 Å². The Labute approximate surface area is 221 Å². The summed E-state index contributed by atoms with van der Waals surface area (Å²) in [6.45, 7) is 0.505. The lowest BCUT2D eigenvalue weighted by atomic mass is 9.96. The second-order valence-electron chi connectivity index (χ2n) is 9.84. The molecule has 0 radical (unpaired) electrons. The molecular weight excluding hydrogens is 482 g/mol.